The van der Waals surface area contributed by atoms with Crippen LogP contribution in [-0.2, 0) is 0 Å². The molecule has 2 unspecified atom stereocenters. The van der Waals surface area contributed by atoms with Gasteiger partial charge in [-0.2, -0.15) is 11.8 Å². The highest BCUT2D eigenvalue weighted by Gasteiger charge is 2.18. The minimum Gasteiger partial charge on any atom is -0.493 e. The van der Waals surface area contributed by atoms with Crippen LogP contribution in [0, 0.1) is 0 Å². The van der Waals surface area contributed by atoms with Crippen molar-refractivity contribution in [3.8, 4) is 11.5 Å². The fourth-order valence-corrected chi connectivity index (χ4v) is 3.26. The van der Waals surface area contributed by atoms with E-state index in [2.05, 4.69) is 24.4 Å². The quantitative estimate of drug-likeness (QED) is 0.912. The van der Waals surface area contributed by atoms with Gasteiger partial charge in [0.25, 0.3) is 0 Å². The molecule has 2 atom stereocenters. The van der Waals surface area contributed by atoms with Gasteiger partial charge in [-0.1, -0.05) is 13.0 Å². The molecule has 1 aliphatic rings. The second kappa shape index (κ2) is 6.34. The minimum atomic E-state index is 0.403. The fraction of sp³-hybridized carbons (Fsp3) is 0.571. The van der Waals surface area contributed by atoms with Crippen molar-refractivity contribution in [3.63, 3.8) is 0 Å². The first-order valence-corrected chi connectivity index (χ1v) is 7.36. The van der Waals surface area contributed by atoms with Crippen molar-refractivity contribution in [1.82, 2.24) is 5.32 Å². The molecule has 3 nitrogen and oxygen atoms in total. The van der Waals surface area contributed by atoms with E-state index in [4.69, 9.17) is 9.47 Å². The zero-order valence-electron chi connectivity index (χ0n) is 11.2. The number of methoxy groups -OCH3 is 2. The Hall–Kier alpha value is -0.870. The highest BCUT2D eigenvalue weighted by atomic mass is 32.2. The molecule has 1 aliphatic heterocycles. The van der Waals surface area contributed by atoms with Crippen molar-refractivity contribution >= 4 is 11.8 Å². The van der Waals surface area contributed by atoms with Crippen LogP contribution in [-0.4, -0.2) is 31.8 Å². The van der Waals surface area contributed by atoms with Crippen LogP contribution in [0.25, 0.3) is 0 Å². The van der Waals surface area contributed by atoms with Gasteiger partial charge >= 0.3 is 0 Å². The zero-order chi connectivity index (χ0) is 13.0. The summed E-state index contributed by atoms with van der Waals surface area (Å²) < 4.78 is 10.6. The van der Waals surface area contributed by atoms with Gasteiger partial charge in [0.2, 0.25) is 0 Å². The first kappa shape index (κ1) is 13.6. The van der Waals surface area contributed by atoms with Crippen LogP contribution in [0.1, 0.15) is 24.9 Å². The third-order valence-corrected chi connectivity index (χ3v) is 4.63. The van der Waals surface area contributed by atoms with E-state index in [1.165, 1.54) is 12.0 Å². The molecule has 0 aliphatic carbocycles. The summed E-state index contributed by atoms with van der Waals surface area (Å²) in [5.74, 6) is 2.70. The molecule has 1 fully saturated rings. The predicted molar refractivity (Wildman–Crippen MR) is 76.8 cm³/mol. The standard InChI is InChI=1S/C14H21NO2S/c1-10-6-7-15-12(9-18-10)11-4-5-13(16-2)14(8-11)17-3/h4-5,8,10,12,15H,6-7,9H2,1-3H3. The number of hydrogen-bond acceptors (Lipinski definition) is 4. The highest BCUT2D eigenvalue weighted by molar-refractivity contribution is 7.99. The average molecular weight is 267 g/mol. The Labute approximate surface area is 113 Å². The maximum atomic E-state index is 5.36. The Morgan fingerprint density at radius 3 is 2.72 bits per heavy atom. The SMILES string of the molecule is COc1ccc(C2CSC(C)CCN2)cc1OC. The summed E-state index contributed by atoms with van der Waals surface area (Å²) in [6.45, 7) is 3.37. The second-order valence-corrected chi connectivity index (χ2v) is 6.03. The van der Waals surface area contributed by atoms with Gasteiger partial charge in [-0.3, -0.25) is 0 Å². The van der Waals surface area contributed by atoms with E-state index >= 15 is 0 Å². The van der Waals surface area contributed by atoms with Crippen LogP contribution in [0.3, 0.4) is 0 Å². The van der Waals surface area contributed by atoms with Crippen LogP contribution >= 0.6 is 11.8 Å². The molecule has 0 bridgehead atoms. The monoisotopic (exact) mass is 267 g/mol. The molecule has 1 heterocycles. The Kier molecular flexibility index (Phi) is 4.78. The summed E-state index contributed by atoms with van der Waals surface area (Å²) in [6.07, 6.45) is 1.23. The van der Waals surface area contributed by atoms with Crippen LogP contribution in [0.5, 0.6) is 11.5 Å². The number of hydrogen-bond donors (Lipinski definition) is 1. The van der Waals surface area contributed by atoms with E-state index in [1.807, 2.05) is 17.8 Å². The molecule has 0 radical (unpaired) electrons. The molecular formula is C14H21NO2S. The van der Waals surface area contributed by atoms with Crippen molar-refractivity contribution in [2.45, 2.75) is 24.6 Å². The third-order valence-electron chi connectivity index (χ3n) is 3.30. The van der Waals surface area contributed by atoms with E-state index in [-0.39, 0.29) is 0 Å². The third kappa shape index (κ3) is 3.12. The first-order chi connectivity index (χ1) is 8.74. The lowest BCUT2D eigenvalue weighted by Gasteiger charge is -2.17. The van der Waals surface area contributed by atoms with Gasteiger partial charge in [-0.05, 0) is 30.7 Å². The van der Waals surface area contributed by atoms with Crippen molar-refractivity contribution in [2.75, 3.05) is 26.5 Å². The predicted octanol–water partition coefficient (Wildman–Crippen LogP) is 2.86. The smallest absolute Gasteiger partial charge is 0.161 e. The zero-order valence-corrected chi connectivity index (χ0v) is 12.0. The number of benzene rings is 1. The van der Waals surface area contributed by atoms with Crippen molar-refractivity contribution < 1.29 is 9.47 Å². The van der Waals surface area contributed by atoms with Crippen LogP contribution in [0.15, 0.2) is 18.2 Å². The number of ether oxygens (including phenoxy) is 2. The Balaban J connectivity index is 2.17. The van der Waals surface area contributed by atoms with E-state index in [0.717, 1.165) is 29.0 Å². The van der Waals surface area contributed by atoms with E-state index in [1.54, 1.807) is 14.2 Å². The first-order valence-electron chi connectivity index (χ1n) is 6.31. The maximum absolute atomic E-state index is 5.36. The van der Waals surface area contributed by atoms with Crippen LogP contribution in [0.2, 0.25) is 0 Å². The van der Waals surface area contributed by atoms with Gasteiger partial charge in [0.1, 0.15) is 0 Å². The van der Waals surface area contributed by atoms with E-state index in [0.29, 0.717) is 6.04 Å². The number of thioether (sulfide) groups is 1. The number of nitrogens with one attached hydrogen (secondary N) is 1. The van der Waals surface area contributed by atoms with Crippen molar-refractivity contribution in [3.05, 3.63) is 23.8 Å². The summed E-state index contributed by atoms with van der Waals surface area (Å²) in [7, 11) is 3.35. The van der Waals surface area contributed by atoms with Crippen LogP contribution < -0.4 is 14.8 Å². The fourth-order valence-electron chi connectivity index (χ4n) is 2.15. The van der Waals surface area contributed by atoms with E-state index in [9.17, 15) is 0 Å². The van der Waals surface area contributed by atoms with Gasteiger partial charge in [0.15, 0.2) is 11.5 Å². The molecule has 18 heavy (non-hydrogen) atoms. The lowest BCUT2D eigenvalue weighted by Crippen LogP contribution is -2.22. The molecule has 4 heteroatoms. The Morgan fingerprint density at radius 2 is 2.00 bits per heavy atom. The maximum Gasteiger partial charge on any atom is 0.161 e. The molecule has 100 valence electrons. The normalized spacial score (nSPS) is 24.4. The summed E-state index contributed by atoms with van der Waals surface area (Å²) in [6, 6.07) is 6.58. The lowest BCUT2D eigenvalue weighted by atomic mass is 10.1. The molecule has 1 saturated heterocycles. The molecule has 0 spiro atoms. The summed E-state index contributed by atoms with van der Waals surface area (Å²) in [5.41, 5.74) is 1.27. The molecule has 1 N–H and O–H groups in total. The summed E-state index contributed by atoms with van der Waals surface area (Å²) >= 11 is 2.03. The highest BCUT2D eigenvalue weighted by Crippen LogP contribution is 2.32. The van der Waals surface area contributed by atoms with Crippen molar-refractivity contribution in [2.24, 2.45) is 0 Å². The van der Waals surface area contributed by atoms with Gasteiger partial charge in [0, 0.05) is 17.0 Å². The lowest BCUT2D eigenvalue weighted by molar-refractivity contribution is 0.354. The topological polar surface area (TPSA) is 30.5 Å². The molecular weight excluding hydrogens is 246 g/mol. The summed E-state index contributed by atoms with van der Waals surface area (Å²) in [4.78, 5) is 0. The molecule has 0 aromatic heterocycles. The Morgan fingerprint density at radius 1 is 1.22 bits per heavy atom. The minimum absolute atomic E-state index is 0.403. The van der Waals surface area contributed by atoms with Gasteiger partial charge in [-0.25, -0.2) is 0 Å². The molecule has 1 aromatic rings. The molecule has 2 rings (SSSR count). The van der Waals surface area contributed by atoms with Gasteiger partial charge in [-0.15, -0.1) is 0 Å². The van der Waals surface area contributed by atoms with Crippen LogP contribution in [0.4, 0.5) is 0 Å². The number of rotatable bonds is 3. The second-order valence-electron chi connectivity index (χ2n) is 4.55. The molecule has 1 aromatic carbocycles. The van der Waals surface area contributed by atoms with E-state index < -0.39 is 0 Å². The largest absolute Gasteiger partial charge is 0.493 e. The molecule has 0 saturated carbocycles. The average Bonchev–Trinajstić information content (AvgIpc) is 2.62. The van der Waals surface area contributed by atoms with Gasteiger partial charge < -0.3 is 14.8 Å². The van der Waals surface area contributed by atoms with Crippen molar-refractivity contribution in [1.29, 1.82) is 0 Å². The van der Waals surface area contributed by atoms with Gasteiger partial charge in [0.05, 0.1) is 14.2 Å². The Bertz CT molecular complexity index is 397. The summed E-state index contributed by atoms with van der Waals surface area (Å²) in [5, 5.41) is 4.34. The molecule has 0 amide bonds.